The Morgan fingerprint density at radius 3 is 2.45 bits per heavy atom. The van der Waals surface area contributed by atoms with Crippen molar-refractivity contribution < 1.29 is 28.6 Å². The zero-order valence-electron chi connectivity index (χ0n) is 12.3. The van der Waals surface area contributed by atoms with Crippen molar-refractivity contribution in [1.29, 1.82) is 0 Å². The number of carbonyl (C=O) groups is 3. The fourth-order valence-electron chi connectivity index (χ4n) is 1.53. The maximum atomic E-state index is 11.8. The average Bonchev–Trinajstić information content (AvgIpc) is 2.67. The fraction of sp³-hybridized carbons (Fsp3) is 0.615. The van der Waals surface area contributed by atoms with Gasteiger partial charge in [-0.05, 0) is 20.8 Å². The van der Waals surface area contributed by atoms with Crippen molar-refractivity contribution >= 4 is 17.8 Å². The largest absolute Gasteiger partial charge is 0.487 e. The first kappa shape index (κ1) is 16.0. The van der Waals surface area contributed by atoms with Gasteiger partial charge in [-0.3, -0.25) is 4.79 Å². The second-order valence-corrected chi connectivity index (χ2v) is 5.34. The molecule has 0 N–H and O–H groups in total. The lowest BCUT2D eigenvalue weighted by Crippen LogP contribution is -2.35. The molecule has 0 aromatic heterocycles. The number of carbonyl (C=O) groups excluding carboxylic acids is 3. The van der Waals surface area contributed by atoms with Crippen molar-refractivity contribution in [2.24, 2.45) is 0 Å². The van der Waals surface area contributed by atoms with Gasteiger partial charge in [0.25, 0.3) is 0 Å². The smallest absolute Gasteiger partial charge is 0.410 e. The molecule has 0 unspecified atom stereocenters. The van der Waals surface area contributed by atoms with Crippen LogP contribution in [-0.2, 0) is 23.8 Å². The van der Waals surface area contributed by atoms with E-state index < -0.39 is 23.4 Å². The van der Waals surface area contributed by atoms with Crippen LogP contribution in [0.5, 0.6) is 0 Å². The summed E-state index contributed by atoms with van der Waals surface area (Å²) in [6.07, 6.45) is -0.572. The lowest BCUT2D eigenvalue weighted by atomic mass is 10.1. The molecular weight excluding hydrogens is 266 g/mol. The Morgan fingerprint density at radius 1 is 1.35 bits per heavy atom. The maximum Gasteiger partial charge on any atom is 0.410 e. The number of rotatable bonds is 3. The summed E-state index contributed by atoms with van der Waals surface area (Å²) in [4.78, 5) is 36.1. The van der Waals surface area contributed by atoms with Gasteiger partial charge in [-0.25, -0.2) is 9.59 Å². The molecule has 1 aliphatic rings. The van der Waals surface area contributed by atoms with Crippen molar-refractivity contribution in [2.75, 3.05) is 27.3 Å². The Kier molecular flexibility index (Phi) is 4.75. The van der Waals surface area contributed by atoms with E-state index in [9.17, 15) is 14.4 Å². The fourth-order valence-corrected chi connectivity index (χ4v) is 1.53. The van der Waals surface area contributed by atoms with E-state index in [0.29, 0.717) is 0 Å². The van der Waals surface area contributed by atoms with Gasteiger partial charge in [-0.15, -0.1) is 0 Å². The Hall–Kier alpha value is -2.05. The van der Waals surface area contributed by atoms with E-state index in [1.54, 1.807) is 20.8 Å². The van der Waals surface area contributed by atoms with Gasteiger partial charge in [-0.1, -0.05) is 0 Å². The third-order valence-corrected chi connectivity index (χ3v) is 2.41. The summed E-state index contributed by atoms with van der Waals surface area (Å²) in [6.45, 7) is 4.97. The first-order chi connectivity index (χ1) is 9.15. The minimum absolute atomic E-state index is 0.0366. The molecule has 7 nitrogen and oxygen atoms in total. The second kappa shape index (κ2) is 5.94. The molecule has 7 heteroatoms. The van der Waals surface area contributed by atoms with Crippen LogP contribution in [0.4, 0.5) is 4.79 Å². The minimum Gasteiger partial charge on any atom is -0.487 e. The van der Waals surface area contributed by atoms with Crippen molar-refractivity contribution in [3.63, 3.8) is 0 Å². The highest BCUT2D eigenvalue weighted by Gasteiger charge is 2.33. The SMILES string of the molecule is COC(=O)C1=C(CN(C)C(=O)OC(C)(C)C)OCC1=O. The molecule has 112 valence electrons. The zero-order chi connectivity index (χ0) is 15.5. The van der Waals surface area contributed by atoms with Crippen LogP contribution in [0, 0.1) is 0 Å². The third-order valence-electron chi connectivity index (χ3n) is 2.41. The monoisotopic (exact) mass is 285 g/mol. The van der Waals surface area contributed by atoms with Gasteiger partial charge in [0, 0.05) is 7.05 Å². The van der Waals surface area contributed by atoms with Gasteiger partial charge < -0.3 is 19.1 Å². The van der Waals surface area contributed by atoms with Gasteiger partial charge in [-0.2, -0.15) is 0 Å². The molecule has 0 aromatic rings. The van der Waals surface area contributed by atoms with Crippen molar-refractivity contribution in [3.8, 4) is 0 Å². The van der Waals surface area contributed by atoms with E-state index in [0.717, 1.165) is 0 Å². The Morgan fingerprint density at radius 2 is 1.95 bits per heavy atom. The van der Waals surface area contributed by atoms with Crippen LogP contribution in [0.3, 0.4) is 0 Å². The van der Waals surface area contributed by atoms with Crippen LogP contribution < -0.4 is 0 Å². The van der Waals surface area contributed by atoms with E-state index in [-0.39, 0.29) is 24.5 Å². The molecule has 0 aromatic carbocycles. The highest BCUT2D eigenvalue weighted by atomic mass is 16.6. The van der Waals surface area contributed by atoms with Crippen LogP contribution >= 0.6 is 0 Å². The number of methoxy groups -OCH3 is 1. The van der Waals surface area contributed by atoms with Crippen molar-refractivity contribution in [3.05, 3.63) is 11.3 Å². The molecule has 1 heterocycles. The number of amides is 1. The molecule has 1 amide bonds. The van der Waals surface area contributed by atoms with Gasteiger partial charge in [0.2, 0.25) is 5.78 Å². The molecule has 0 bridgehead atoms. The van der Waals surface area contributed by atoms with Gasteiger partial charge in [0.1, 0.15) is 16.9 Å². The number of nitrogens with zero attached hydrogens (tertiary/aromatic N) is 1. The number of likely N-dealkylation sites (N-methyl/N-ethyl adjacent to an activating group) is 1. The molecule has 0 aliphatic carbocycles. The van der Waals surface area contributed by atoms with Gasteiger partial charge in [0.15, 0.2) is 6.61 Å². The summed E-state index contributed by atoms with van der Waals surface area (Å²) in [7, 11) is 2.66. The number of esters is 1. The summed E-state index contributed by atoms with van der Waals surface area (Å²) in [5, 5.41) is 0. The van der Waals surface area contributed by atoms with Crippen LogP contribution in [0.15, 0.2) is 11.3 Å². The number of hydrogen-bond donors (Lipinski definition) is 0. The van der Waals surface area contributed by atoms with Crippen molar-refractivity contribution in [2.45, 2.75) is 26.4 Å². The van der Waals surface area contributed by atoms with Crippen LogP contribution in [0.1, 0.15) is 20.8 Å². The number of ether oxygens (including phenoxy) is 3. The maximum absolute atomic E-state index is 11.8. The Balaban J connectivity index is 2.80. The van der Waals surface area contributed by atoms with Crippen LogP contribution in [0.25, 0.3) is 0 Å². The summed E-state index contributed by atoms with van der Waals surface area (Å²) in [6, 6.07) is 0. The average molecular weight is 285 g/mol. The number of Topliss-reactive ketones (excluding diaryl/α,β-unsaturated/α-hetero) is 1. The molecule has 0 radical (unpaired) electrons. The summed E-state index contributed by atoms with van der Waals surface area (Å²) >= 11 is 0. The van der Waals surface area contributed by atoms with E-state index in [2.05, 4.69) is 4.74 Å². The van der Waals surface area contributed by atoms with E-state index in [1.807, 2.05) is 0 Å². The summed E-state index contributed by atoms with van der Waals surface area (Å²) in [5.41, 5.74) is -0.778. The van der Waals surface area contributed by atoms with E-state index in [4.69, 9.17) is 9.47 Å². The lowest BCUT2D eigenvalue weighted by molar-refractivity contribution is -0.137. The predicted molar refractivity (Wildman–Crippen MR) is 68.9 cm³/mol. The highest BCUT2D eigenvalue weighted by Crippen LogP contribution is 2.19. The standard InChI is InChI=1S/C13H19NO6/c1-13(2,3)20-12(17)14(4)6-9-10(11(16)18-5)8(15)7-19-9/h6-7H2,1-5H3. The zero-order valence-corrected chi connectivity index (χ0v) is 12.3. The molecule has 0 spiro atoms. The quantitative estimate of drug-likeness (QED) is 0.565. The molecular formula is C13H19NO6. The molecule has 1 rings (SSSR count). The van der Waals surface area contributed by atoms with E-state index >= 15 is 0 Å². The number of ketones is 1. The summed E-state index contributed by atoms with van der Waals surface area (Å²) < 4.78 is 14.8. The Bertz CT molecular complexity index is 460. The topological polar surface area (TPSA) is 82.1 Å². The third kappa shape index (κ3) is 3.97. The molecule has 0 saturated carbocycles. The van der Waals surface area contributed by atoms with Crippen LogP contribution in [0.2, 0.25) is 0 Å². The molecule has 0 atom stereocenters. The minimum atomic E-state index is -0.764. The molecule has 1 aliphatic heterocycles. The lowest BCUT2D eigenvalue weighted by Gasteiger charge is -2.24. The molecule has 0 fully saturated rings. The Labute approximate surface area is 117 Å². The van der Waals surface area contributed by atoms with E-state index in [1.165, 1.54) is 19.1 Å². The summed E-state index contributed by atoms with van der Waals surface area (Å²) in [5.74, 6) is -1.10. The predicted octanol–water partition coefficient (Wildman–Crippen LogP) is 0.880. The molecule has 0 saturated heterocycles. The number of hydrogen-bond acceptors (Lipinski definition) is 6. The first-order valence-corrected chi connectivity index (χ1v) is 6.07. The van der Waals surface area contributed by atoms with Crippen LogP contribution in [-0.4, -0.2) is 55.7 Å². The normalized spacial score (nSPS) is 14.9. The highest BCUT2D eigenvalue weighted by molar-refractivity contribution is 6.19. The second-order valence-electron chi connectivity index (χ2n) is 5.34. The van der Waals surface area contributed by atoms with Gasteiger partial charge in [0.05, 0.1) is 13.7 Å². The first-order valence-electron chi connectivity index (χ1n) is 6.07. The van der Waals surface area contributed by atoms with Gasteiger partial charge >= 0.3 is 12.1 Å². The molecule has 20 heavy (non-hydrogen) atoms. The van der Waals surface area contributed by atoms with Crippen molar-refractivity contribution in [1.82, 2.24) is 4.90 Å².